The first-order valence-corrected chi connectivity index (χ1v) is 8.69. The van der Waals surface area contributed by atoms with Gasteiger partial charge in [0.2, 0.25) is 0 Å². The number of unbranched alkanes of at least 4 members (excludes halogenated alkanes) is 2. The van der Waals surface area contributed by atoms with Crippen molar-refractivity contribution < 1.29 is 0 Å². The van der Waals surface area contributed by atoms with E-state index in [1.807, 2.05) is 0 Å². The maximum Gasteiger partial charge on any atom is -0.0146 e. The molecule has 114 valence electrons. The molecule has 0 bridgehead atoms. The van der Waals surface area contributed by atoms with Crippen LogP contribution in [0.1, 0.15) is 31.7 Å². The molecule has 0 radical (unpaired) electrons. The van der Waals surface area contributed by atoms with Gasteiger partial charge in [0.05, 0.1) is 0 Å². The molecule has 4 aromatic carbocycles. The molecule has 0 aliphatic heterocycles. The maximum absolute atomic E-state index is 2.39. The zero-order valence-corrected chi connectivity index (χ0v) is 13.7. The zero-order chi connectivity index (χ0) is 15.6. The summed E-state index contributed by atoms with van der Waals surface area (Å²) in [4.78, 5) is 0. The molecule has 0 aromatic heterocycles. The Bertz CT molecular complexity index is 979. The molecule has 0 saturated heterocycles. The van der Waals surface area contributed by atoms with Gasteiger partial charge in [-0.1, -0.05) is 62.2 Å². The average Bonchev–Trinajstić information content (AvgIpc) is 2.58. The summed E-state index contributed by atoms with van der Waals surface area (Å²) < 4.78 is 0. The first-order chi connectivity index (χ1) is 11.3. The van der Waals surface area contributed by atoms with E-state index in [1.54, 1.807) is 0 Å². The molecule has 0 heterocycles. The molecule has 0 aliphatic rings. The second kappa shape index (κ2) is 6.04. The standard InChI is InChI=1S/C23H22/c1-2-3-4-8-17-11-7-12-20-15-21-13-18-9-5-6-10-19(18)14-22(21)16-23(17)20/h5-7,9-16H,2-4,8H2,1H3. The number of hydrogen-bond acceptors (Lipinski definition) is 0. The van der Waals surface area contributed by atoms with Crippen LogP contribution in [0.2, 0.25) is 0 Å². The first kappa shape index (κ1) is 14.3. The van der Waals surface area contributed by atoms with Crippen LogP contribution in [-0.4, -0.2) is 0 Å². The van der Waals surface area contributed by atoms with Crippen LogP contribution < -0.4 is 0 Å². The van der Waals surface area contributed by atoms with Crippen LogP contribution in [0.15, 0.2) is 66.7 Å². The van der Waals surface area contributed by atoms with Crippen molar-refractivity contribution in [3.05, 3.63) is 72.3 Å². The number of hydrogen-bond donors (Lipinski definition) is 0. The Kier molecular flexibility index (Phi) is 3.75. The van der Waals surface area contributed by atoms with Crippen molar-refractivity contribution in [1.29, 1.82) is 0 Å². The van der Waals surface area contributed by atoms with Gasteiger partial charge in [-0.15, -0.1) is 0 Å². The fourth-order valence-corrected chi connectivity index (χ4v) is 3.57. The Balaban J connectivity index is 1.90. The second-order valence-corrected chi connectivity index (χ2v) is 6.49. The molecule has 0 amide bonds. The Morgan fingerprint density at radius 2 is 1.26 bits per heavy atom. The van der Waals surface area contributed by atoms with Crippen LogP contribution in [0.25, 0.3) is 32.3 Å². The molecule has 0 saturated carbocycles. The van der Waals surface area contributed by atoms with Gasteiger partial charge < -0.3 is 0 Å². The van der Waals surface area contributed by atoms with Crippen LogP contribution in [0.3, 0.4) is 0 Å². The van der Waals surface area contributed by atoms with Crippen molar-refractivity contribution in [3.8, 4) is 0 Å². The lowest BCUT2D eigenvalue weighted by Gasteiger charge is -2.09. The first-order valence-electron chi connectivity index (χ1n) is 8.69. The third kappa shape index (κ3) is 2.70. The van der Waals surface area contributed by atoms with Crippen LogP contribution in [0, 0.1) is 0 Å². The maximum atomic E-state index is 2.39. The summed E-state index contributed by atoms with van der Waals surface area (Å²) in [5, 5.41) is 8.11. The molecule has 0 spiro atoms. The van der Waals surface area contributed by atoms with Crippen LogP contribution in [-0.2, 0) is 6.42 Å². The number of aryl methyl sites for hydroxylation is 1. The van der Waals surface area contributed by atoms with Crippen molar-refractivity contribution in [2.45, 2.75) is 32.6 Å². The molecule has 0 aliphatic carbocycles. The molecule has 0 unspecified atom stereocenters. The molecule has 0 N–H and O–H groups in total. The highest BCUT2D eigenvalue weighted by molar-refractivity contribution is 6.05. The van der Waals surface area contributed by atoms with Gasteiger partial charge in [-0.05, 0) is 75.0 Å². The predicted molar refractivity (Wildman–Crippen MR) is 102 cm³/mol. The highest BCUT2D eigenvalue weighted by Gasteiger charge is 2.04. The van der Waals surface area contributed by atoms with Crippen molar-refractivity contribution in [3.63, 3.8) is 0 Å². The van der Waals surface area contributed by atoms with Gasteiger partial charge in [0, 0.05) is 0 Å². The molecule has 0 heteroatoms. The van der Waals surface area contributed by atoms with Gasteiger partial charge in [-0.25, -0.2) is 0 Å². The van der Waals surface area contributed by atoms with Gasteiger partial charge in [0.25, 0.3) is 0 Å². The summed E-state index contributed by atoms with van der Waals surface area (Å²) in [6.45, 7) is 2.27. The smallest absolute Gasteiger partial charge is 0.0146 e. The van der Waals surface area contributed by atoms with Gasteiger partial charge in [-0.3, -0.25) is 0 Å². The molecule has 4 aromatic rings. The minimum absolute atomic E-state index is 1.18. The Hall–Kier alpha value is -2.34. The van der Waals surface area contributed by atoms with E-state index in [-0.39, 0.29) is 0 Å². The summed E-state index contributed by atoms with van der Waals surface area (Å²) in [6, 6.07) is 24.7. The van der Waals surface area contributed by atoms with Gasteiger partial charge in [0.1, 0.15) is 0 Å². The van der Waals surface area contributed by atoms with Gasteiger partial charge in [0.15, 0.2) is 0 Å². The summed E-state index contributed by atoms with van der Waals surface area (Å²) in [5.41, 5.74) is 1.49. The number of rotatable bonds is 4. The highest BCUT2D eigenvalue weighted by atomic mass is 14.1. The van der Waals surface area contributed by atoms with E-state index in [9.17, 15) is 0 Å². The minimum atomic E-state index is 1.18. The molecular weight excluding hydrogens is 276 g/mol. The molecule has 0 atom stereocenters. The van der Waals surface area contributed by atoms with Crippen molar-refractivity contribution in [2.75, 3.05) is 0 Å². The van der Waals surface area contributed by atoms with E-state index >= 15 is 0 Å². The molecule has 0 fully saturated rings. The Morgan fingerprint density at radius 1 is 0.609 bits per heavy atom. The van der Waals surface area contributed by atoms with Crippen molar-refractivity contribution in [2.24, 2.45) is 0 Å². The van der Waals surface area contributed by atoms with E-state index < -0.39 is 0 Å². The second-order valence-electron chi connectivity index (χ2n) is 6.49. The summed E-state index contributed by atoms with van der Waals surface area (Å²) in [5.74, 6) is 0. The van der Waals surface area contributed by atoms with Crippen LogP contribution in [0.4, 0.5) is 0 Å². The lowest BCUT2D eigenvalue weighted by Crippen LogP contribution is -1.88. The average molecular weight is 298 g/mol. The minimum Gasteiger partial charge on any atom is -0.0654 e. The van der Waals surface area contributed by atoms with E-state index in [1.165, 1.54) is 63.6 Å². The van der Waals surface area contributed by atoms with E-state index in [0.717, 1.165) is 0 Å². The summed E-state index contributed by atoms with van der Waals surface area (Å²) in [6.07, 6.45) is 5.06. The molecule has 4 rings (SSSR count). The SMILES string of the molecule is CCCCCc1cccc2cc3cc4ccccc4cc3cc12. The fourth-order valence-electron chi connectivity index (χ4n) is 3.57. The normalized spacial score (nSPS) is 11.5. The summed E-state index contributed by atoms with van der Waals surface area (Å²) >= 11 is 0. The van der Waals surface area contributed by atoms with Gasteiger partial charge >= 0.3 is 0 Å². The topological polar surface area (TPSA) is 0 Å². The van der Waals surface area contributed by atoms with Crippen molar-refractivity contribution in [1.82, 2.24) is 0 Å². The molecular formula is C23H22. The van der Waals surface area contributed by atoms with Crippen LogP contribution >= 0.6 is 0 Å². The van der Waals surface area contributed by atoms with Gasteiger partial charge in [-0.2, -0.15) is 0 Å². The number of benzene rings is 4. The van der Waals surface area contributed by atoms with E-state index in [2.05, 4.69) is 73.7 Å². The lowest BCUT2D eigenvalue weighted by molar-refractivity contribution is 0.720. The third-order valence-corrected chi connectivity index (χ3v) is 4.84. The quantitative estimate of drug-likeness (QED) is 0.284. The predicted octanol–water partition coefficient (Wildman–Crippen LogP) is 6.88. The summed E-state index contributed by atoms with van der Waals surface area (Å²) in [7, 11) is 0. The van der Waals surface area contributed by atoms with Crippen LogP contribution in [0.5, 0.6) is 0 Å². The molecule has 23 heavy (non-hydrogen) atoms. The number of fused-ring (bicyclic) bond motifs is 3. The monoisotopic (exact) mass is 298 g/mol. The van der Waals surface area contributed by atoms with E-state index in [0.29, 0.717) is 0 Å². The molecule has 0 nitrogen and oxygen atoms in total. The fraction of sp³-hybridized carbons (Fsp3) is 0.217. The zero-order valence-electron chi connectivity index (χ0n) is 13.7. The Labute approximate surface area is 137 Å². The van der Waals surface area contributed by atoms with Crippen molar-refractivity contribution >= 4 is 32.3 Å². The third-order valence-electron chi connectivity index (χ3n) is 4.84. The lowest BCUT2D eigenvalue weighted by atomic mass is 9.95. The highest BCUT2D eigenvalue weighted by Crippen LogP contribution is 2.29. The largest absolute Gasteiger partial charge is 0.0654 e. The van der Waals surface area contributed by atoms with E-state index in [4.69, 9.17) is 0 Å². The Morgan fingerprint density at radius 3 is 2.00 bits per heavy atom.